The van der Waals surface area contributed by atoms with Crippen molar-refractivity contribution >= 4 is 10.8 Å². The third-order valence-electron chi connectivity index (χ3n) is 11.9. The fourth-order valence-corrected chi connectivity index (χ4v) is 9.90. The minimum atomic E-state index is -0.0854. The molecule has 38 heavy (non-hydrogen) atoms. The molecular weight excluding hydrogens is 468 g/mol. The van der Waals surface area contributed by atoms with Gasteiger partial charge in [-0.2, -0.15) is 0 Å². The fourth-order valence-electron chi connectivity index (χ4n) is 9.90. The maximum Gasteiger partial charge on any atom is 0.0974 e. The second-order valence-electron chi connectivity index (χ2n) is 14.3. The average molecular weight is 511 g/mol. The Bertz CT molecular complexity index is 1360. The van der Waals surface area contributed by atoms with Gasteiger partial charge in [-0.1, -0.05) is 38.1 Å². The molecule has 1 aromatic heterocycles. The van der Waals surface area contributed by atoms with Gasteiger partial charge >= 0.3 is 0 Å². The van der Waals surface area contributed by atoms with Crippen molar-refractivity contribution in [3.63, 3.8) is 0 Å². The van der Waals surface area contributed by atoms with E-state index >= 15 is 0 Å². The van der Waals surface area contributed by atoms with Crippen LogP contribution in [0.3, 0.4) is 0 Å². The molecule has 3 aliphatic carbocycles. The Balaban J connectivity index is 1.10. The minimum absolute atomic E-state index is 0.0451. The lowest BCUT2D eigenvalue weighted by Crippen LogP contribution is -2.56. The number of hydrogen-bond donors (Lipinski definition) is 0. The van der Waals surface area contributed by atoms with Gasteiger partial charge in [0.15, 0.2) is 0 Å². The lowest BCUT2D eigenvalue weighted by Gasteiger charge is -2.55. The lowest BCUT2D eigenvalue weighted by molar-refractivity contribution is -0.147. The number of fused-ring (bicyclic) bond motifs is 2. The van der Waals surface area contributed by atoms with Crippen LogP contribution in [0.25, 0.3) is 10.8 Å². The molecule has 3 aliphatic heterocycles. The van der Waals surface area contributed by atoms with Crippen molar-refractivity contribution in [3.8, 4) is 0 Å². The Morgan fingerprint density at radius 2 is 1.95 bits per heavy atom. The maximum atomic E-state index is 7.57. The van der Waals surface area contributed by atoms with Crippen LogP contribution in [0.4, 0.5) is 0 Å². The number of benzene rings is 1. The highest BCUT2D eigenvalue weighted by Gasteiger charge is 2.66. The SMILES string of the molecule is CN(CC1(C)COC1)[C@@H]1CCC2=CC3=CC[C@]4(C)C(c5ccc6ccncc6c5)CC[C@H]4[C@@]34CC[C@]2(C1)O4. The first-order chi connectivity index (χ1) is 18.3. The number of hydrogen-bond acceptors (Lipinski definition) is 4. The van der Waals surface area contributed by atoms with Gasteiger partial charge in [0.1, 0.15) is 0 Å². The number of pyridine rings is 1. The summed E-state index contributed by atoms with van der Waals surface area (Å²) in [5, 5.41) is 2.55. The Morgan fingerprint density at radius 1 is 1.05 bits per heavy atom. The van der Waals surface area contributed by atoms with Crippen LogP contribution in [-0.2, 0) is 9.47 Å². The smallest absolute Gasteiger partial charge is 0.0974 e. The Kier molecular flexibility index (Phi) is 5.03. The van der Waals surface area contributed by atoms with Crippen LogP contribution >= 0.6 is 0 Å². The second-order valence-corrected chi connectivity index (χ2v) is 14.3. The Hall–Kier alpha value is -2.01. The van der Waals surface area contributed by atoms with Crippen molar-refractivity contribution in [1.82, 2.24) is 9.88 Å². The number of rotatable bonds is 4. The molecule has 4 heteroatoms. The maximum absolute atomic E-state index is 7.57. The molecule has 1 aromatic carbocycles. The van der Waals surface area contributed by atoms with Crippen molar-refractivity contribution in [2.24, 2.45) is 16.7 Å². The predicted octanol–water partition coefficient (Wildman–Crippen LogP) is 6.81. The van der Waals surface area contributed by atoms with Gasteiger partial charge in [-0.3, -0.25) is 4.98 Å². The first-order valence-corrected chi connectivity index (χ1v) is 15.1. The molecular formula is C34H42N2O2. The highest BCUT2D eigenvalue weighted by Crippen LogP contribution is 2.69. The highest BCUT2D eigenvalue weighted by molar-refractivity contribution is 5.82. The summed E-state index contributed by atoms with van der Waals surface area (Å²) in [6.45, 7) is 7.90. The van der Waals surface area contributed by atoms with E-state index in [1.807, 2.05) is 12.4 Å². The summed E-state index contributed by atoms with van der Waals surface area (Å²) in [6, 6.07) is 9.84. The van der Waals surface area contributed by atoms with Gasteiger partial charge in [0.05, 0.1) is 24.4 Å². The van der Waals surface area contributed by atoms with Crippen LogP contribution in [0.5, 0.6) is 0 Å². The molecule has 2 aromatic rings. The van der Waals surface area contributed by atoms with Crippen LogP contribution in [0.1, 0.15) is 76.7 Å². The molecule has 1 unspecified atom stereocenters. The Morgan fingerprint density at radius 3 is 2.79 bits per heavy atom. The van der Waals surface area contributed by atoms with E-state index in [2.05, 4.69) is 67.2 Å². The highest BCUT2D eigenvalue weighted by atomic mass is 16.5. The molecule has 200 valence electrons. The quantitative estimate of drug-likeness (QED) is 0.452. The first-order valence-electron chi connectivity index (χ1n) is 15.1. The normalized spacial score (nSPS) is 40.7. The predicted molar refractivity (Wildman–Crippen MR) is 151 cm³/mol. The molecule has 0 N–H and O–H groups in total. The van der Waals surface area contributed by atoms with Crippen LogP contribution in [0, 0.1) is 16.7 Å². The summed E-state index contributed by atoms with van der Waals surface area (Å²) < 4.78 is 13.1. The van der Waals surface area contributed by atoms with Crippen LogP contribution < -0.4 is 0 Å². The van der Waals surface area contributed by atoms with Crippen LogP contribution in [0.15, 0.2) is 60.0 Å². The minimum Gasteiger partial charge on any atom is -0.380 e. The van der Waals surface area contributed by atoms with E-state index in [1.54, 1.807) is 5.57 Å². The van der Waals surface area contributed by atoms with E-state index < -0.39 is 0 Å². The first kappa shape index (κ1) is 23.8. The van der Waals surface area contributed by atoms with Gasteiger partial charge in [0.25, 0.3) is 0 Å². The third kappa shape index (κ3) is 3.23. The molecule has 2 spiro atoms. The number of aromatic nitrogens is 1. The van der Waals surface area contributed by atoms with Crippen molar-refractivity contribution < 1.29 is 9.47 Å². The van der Waals surface area contributed by atoms with Crippen molar-refractivity contribution in [3.05, 3.63) is 65.5 Å². The number of ether oxygens (including phenoxy) is 2. The lowest BCUT2D eigenvalue weighted by atomic mass is 9.58. The third-order valence-corrected chi connectivity index (χ3v) is 11.9. The molecule has 6 atom stereocenters. The van der Waals surface area contributed by atoms with Crippen molar-refractivity contribution in [2.75, 3.05) is 26.8 Å². The fraction of sp³-hybridized carbons (Fsp3) is 0.618. The van der Waals surface area contributed by atoms with Crippen LogP contribution in [-0.4, -0.2) is 53.9 Å². The van der Waals surface area contributed by atoms with Crippen molar-refractivity contribution in [2.45, 2.75) is 88.4 Å². The summed E-state index contributed by atoms with van der Waals surface area (Å²) in [6.07, 6.45) is 18.8. The van der Waals surface area contributed by atoms with E-state index in [9.17, 15) is 0 Å². The molecule has 6 aliphatic rings. The molecule has 4 fully saturated rings. The van der Waals surface area contributed by atoms with Gasteiger partial charge in [0, 0.05) is 35.8 Å². The van der Waals surface area contributed by atoms with Gasteiger partial charge in [-0.15, -0.1) is 0 Å². The van der Waals surface area contributed by atoms with Gasteiger partial charge < -0.3 is 14.4 Å². The summed E-state index contributed by atoms with van der Waals surface area (Å²) in [7, 11) is 2.34. The molecule has 4 nitrogen and oxygen atoms in total. The topological polar surface area (TPSA) is 34.6 Å². The molecule has 0 radical (unpaired) electrons. The summed E-state index contributed by atoms with van der Waals surface area (Å²) in [5.74, 6) is 1.16. The monoisotopic (exact) mass is 510 g/mol. The van der Waals surface area contributed by atoms with E-state index in [0.717, 1.165) is 32.6 Å². The number of allylic oxidation sites excluding steroid dienone is 1. The van der Waals surface area contributed by atoms with Gasteiger partial charge in [-0.25, -0.2) is 0 Å². The van der Waals surface area contributed by atoms with E-state index in [0.29, 0.717) is 23.3 Å². The van der Waals surface area contributed by atoms with Gasteiger partial charge in [-0.05, 0) is 110 Å². The van der Waals surface area contributed by atoms with E-state index in [-0.39, 0.29) is 16.6 Å². The zero-order valence-electron chi connectivity index (χ0n) is 23.3. The van der Waals surface area contributed by atoms with E-state index in [1.165, 1.54) is 60.4 Å². The molecule has 2 saturated carbocycles. The van der Waals surface area contributed by atoms with Crippen molar-refractivity contribution in [1.29, 1.82) is 0 Å². The zero-order valence-corrected chi connectivity index (χ0v) is 23.3. The van der Waals surface area contributed by atoms with Gasteiger partial charge in [0.2, 0.25) is 0 Å². The Labute approximate surface area is 227 Å². The standard InChI is InChI=1S/C34H42N2O2/c1-31(21-37-22-31)20-36(3)28-7-6-26-17-27-10-12-32(2)29(24-5-4-23-11-15-35-19-25(23)16-24)8-9-30(32)34(27)14-13-33(26,18-28)38-34/h4-5,10-11,15-17,19,28-30H,6-9,12-14,18,20-22H2,1-3H3/t28-,29?,30-,32-,33-,34-/m1/s1. The summed E-state index contributed by atoms with van der Waals surface area (Å²) in [5.41, 5.74) is 5.05. The second kappa shape index (κ2) is 8.02. The molecule has 2 bridgehead atoms. The van der Waals surface area contributed by atoms with E-state index in [4.69, 9.17) is 9.47 Å². The summed E-state index contributed by atoms with van der Waals surface area (Å²) in [4.78, 5) is 7.04. The largest absolute Gasteiger partial charge is 0.380 e. The summed E-state index contributed by atoms with van der Waals surface area (Å²) >= 11 is 0. The molecule has 8 rings (SSSR count). The molecule has 2 saturated heterocycles. The average Bonchev–Trinajstić information content (AvgIpc) is 3.42. The number of nitrogens with zero attached hydrogens (tertiary/aromatic N) is 2. The molecule has 0 amide bonds. The molecule has 4 heterocycles. The zero-order chi connectivity index (χ0) is 25.8. The van der Waals surface area contributed by atoms with Crippen LogP contribution in [0.2, 0.25) is 0 Å².